The van der Waals surface area contributed by atoms with Crippen molar-refractivity contribution in [2.24, 2.45) is 5.92 Å². The van der Waals surface area contributed by atoms with Crippen molar-refractivity contribution in [1.82, 2.24) is 34.3 Å². The van der Waals surface area contributed by atoms with Crippen LogP contribution in [0.3, 0.4) is 0 Å². The topological polar surface area (TPSA) is 81.2 Å². The van der Waals surface area contributed by atoms with Crippen LogP contribution in [0.5, 0.6) is 0 Å². The van der Waals surface area contributed by atoms with Crippen molar-refractivity contribution in [2.75, 3.05) is 13.1 Å². The Balaban J connectivity index is 1.13. The van der Waals surface area contributed by atoms with Gasteiger partial charge in [-0.15, -0.1) is 10.2 Å². The van der Waals surface area contributed by atoms with E-state index in [9.17, 15) is 4.79 Å². The number of halogens is 1. The second-order valence-electron chi connectivity index (χ2n) is 10.6. The summed E-state index contributed by atoms with van der Waals surface area (Å²) >= 11 is 6.42. The van der Waals surface area contributed by atoms with Crippen molar-refractivity contribution in [3.8, 4) is 0 Å². The monoisotopic (exact) mass is 553 g/mol. The summed E-state index contributed by atoms with van der Waals surface area (Å²) in [6, 6.07) is 18.2. The molecule has 0 bridgehead atoms. The molecule has 2 aromatic carbocycles. The van der Waals surface area contributed by atoms with E-state index < -0.39 is 0 Å². The maximum atomic E-state index is 13.6. The molecule has 6 rings (SSSR count). The fraction of sp³-hybridized carbons (Fsp3) is 0.323. The van der Waals surface area contributed by atoms with E-state index in [1.807, 2.05) is 67.5 Å². The molecule has 1 amide bonds. The molecule has 8 nitrogen and oxygen atoms in total. The summed E-state index contributed by atoms with van der Waals surface area (Å²) in [5, 5.41) is 13.9. The van der Waals surface area contributed by atoms with Crippen LogP contribution >= 0.6 is 11.6 Å². The highest BCUT2D eigenvalue weighted by Crippen LogP contribution is 2.26. The third kappa shape index (κ3) is 5.23. The van der Waals surface area contributed by atoms with Crippen LogP contribution in [0.2, 0.25) is 5.02 Å². The SMILES string of the molecule is Cc1nc2c(C(=O)N3CCC(Cc4nncn4Cc4ccccc4)CC3)cnn2c(C)c1Cc1ccccc1Cl. The molecule has 0 atom stereocenters. The van der Waals surface area contributed by atoms with E-state index in [1.54, 1.807) is 10.7 Å². The third-order valence-corrected chi connectivity index (χ3v) is 8.40. The summed E-state index contributed by atoms with van der Waals surface area (Å²) in [7, 11) is 0. The van der Waals surface area contributed by atoms with E-state index in [0.717, 1.165) is 59.2 Å². The minimum absolute atomic E-state index is 0.00847. The minimum atomic E-state index is -0.00847. The van der Waals surface area contributed by atoms with Crippen LogP contribution < -0.4 is 0 Å². The van der Waals surface area contributed by atoms with Crippen molar-refractivity contribution in [3.05, 3.63) is 112 Å². The molecule has 1 saturated heterocycles. The van der Waals surface area contributed by atoms with E-state index in [0.29, 0.717) is 36.6 Å². The Morgan fingerprint density at radius 2 is 1.77 bits per heavy atom. The second kappa shape index (κ2) is 11.2. The number of nitrogens with zero attached hydrogens (tertiary/aromatic N) is 7. The average molecular weight is 554 g/mol. The Bertz CT molecular complexity index is 1650. The number of piperidine rings is 1. The number of amides is 1. The van der Waals surface area contributed by atoms with Crippen LogP contribution in [-0.4, -0.2) is 53.3 Å². The number of likely N-dealkylation sites (tertiary alicyclic amines) is 1. The molecule has 5 aromatic rings. The number of rotatable bonds is 7. The summed E-state index contributed by atoms with van der Waals surface area (Å²) < 4.78 is 3.92. The summed E-state index contributed by atoms with van der Waals surface area (Å²) in [5.41, 5.74) is 6.37. The summed E-state index contributed by atoms with van der Waals surface area (Å²) in [6.45, 7) is 6.19. The van der Waals surface area contributed by atoms with Gasteiger partial charge in [-0.25, -0.2) is 9.50 Å². The van der Waals surface area contributed by atoms with Gasteiger partial charge in [-0.2, -0.15) is 5.10 Å². The van der Waals surface area contributed by atoms with Crippen molar-refractivity contribution >= 4 is 23.2 Å². The Morgan fingerprint density at radius 1 is 1.02 bits per heavy atom. The van der Waals surface area contributed by atoms with Crippen molar-refractivity contribution in [1.29, 1.82) is 0 Å². The first-order chi connectivity index (χ1) is 19.5. The van der Waals surface area contributed by atoms with Gasteiger partial charge >= 0.3 is 0 Å². The Kier molecular flexibility index (Phi) is 7.34. The average Bonchev–Trinajstić information content (AvgIpc) is 3.59. The highest BCUT2D eigenvalue weighted by molar-refractivity contribution is 6.31. The number of carbonyl (C=O) groups is 1. The van der Waals surface area contributed by atoms with Crippen molar-refractivity contribution in [3.63, 3.8) is 0 Å². The molecule has 4 heterocycles. The molecule has 1 aliphatic rings. The summed E-state index contributed by atoms with van der Waals surface area (Å²) in [4.78, 5) is 20.4. The van der Waals surface area contributed by atoms with Gasteiger partial charge in [-0.05, 0) is 55.4 Å². The molecule has 0 unspecified atom stereocenters. The van der Waals surface area contributed by atoms with E-state index in [2.05, 4.69) is 32.0 Å². The molecule has 0 radical (unpaired) electrons. The molecule has 0 aliphatic carbocycles. The first kappa shape index (κ1) is 26.2. The second-order valence-corrected chi connectivity index (χ2v) is 11.0. The number of hydrogen-bond donors (Lipinski definition) is 0. The van der Waals surface area contributed by atoms with Gasteiger partial charge in [0.05, 0.1) is 12.7 Å². The van der Waals surface area contributed by atoms with Gasteiger partial charge in [0, 0.05) is 42.3 Å². The van der Waals surface area contributed by atoms with Gasteiger partial charge in [-0.1, -0.05) is 60.1 Å². The molecule has 9 heteroatoms. The van der Waals surface area contributed by atoms with Crippen molar-refractivity contribution in [2.45, 2.75) is 46.1 Å². The first-order valence-corrected chi connectivity index (χ1v) is 14.1. The fourth-order valence-corrected chi connectivity index (χ4v) is 5.87. The van der Waals surface area contributed by atoms with Gasteiger partial charge < -0.3 is 9.47 Å². The smallest absolute Gasteiger partial charge is 0.259 e. The standard InChI is InChI=1S/C31H32ClN7O/c1-21-26(17-25-10-6-7-11-28(25)32)22(2)39-30(35-21)27(18-34-39)31(40)37-14-12-23(13-15-37)16-29-36-33-20-38(29)19-24-8-4-3-5-9-24/h3-11,18,20,23H,12-17,19H2,1-2H3. The minimum Gasteiger partial charge on any atom is -0.338 e. The molecule has 0 N–H and O–H groups in total. The number of aromatic nitrogens is 6. The van der Waals surface area contributed by atoms with E-state index in [-0.39, 0.29) is 5.91 Å². The Morgan fingerprint density at radius 3 is 2.55 bits per heavy atom. The molecule has 1 fully saturated rings. The van der Waals surface area contributed by atoms with Gasteiger partial charge in [0.1, 0.15) is 17.7 Å². The molecule has 204 valence electrons. The normalized spacial score (nSPS) is 14.2. The lowest BCUT2D eigenvalue weighted by atomic mass is 9.93. The quantitative estimate of drug-likeness (QED) is 0.272. The van der Waals surface area contributed by atoms with E-state index >= 15 is 0 Å². The number of fused-ring (bicyclic) bond motifs is 1. The maximum absolute atomic E-state index is 13.6. The van der Waals surface area contributed by atoms with Crippen LogP contribution in [0.1, 0.15) is 57.1 Å². The Labute approximate surface area is 238 Å². The summed E-state index contributed by atoms with van der Waals surface area (Å²) in [6.07, 6.45) is 6.85. The predicted octanol–water partition coefficient (Wildman–Crippen LogP) is 5.33. The predicted molar refractivity (Wildman–Crippen MR) is 155 cm³/mol. The number of hydrogen-bond acceptors (Lipinski definition) is 5. The van der Waals surface area contributed by atoms with Gasteiger partial charge in [0.2, 0.25) is 0 Å². The molecule has 3 aromatic heterocycles. The number of benzene rings is 2. The number of aryl methyl sites for hydroxylation is 2. The lowest BCUT2D eigenvalue weighted by Gasteiger charge is -2.31. The summed E-state index contributed by atoms with van der Waals surface area (Å²) in [5.74, 6) is 1.45. The van der Waals surface area contributed by atoms with Crippen LogP contribution in [0.15, 0.2) is 67.1 Å². The van der Waals surface area contributed by atoms with Crippen LogP contribution in [-0.2, 0) is 19.4 Å². The first-order valence-electron chi connectivity index (χ1n) is 13.7. The van der Waals surface area contributed by atoms with Gasteiger partial charge in [-0.3, -0.25) is 4.79 Å². The lowest BCUT2D eigenvalue weighted by molar-refractivity contribution is 0.0691. The Hall–Kier alpha value is -4.04. The lowest BCUT2D eigenvalue weighted by Crippen LogP contribution is -2.39. The molecule has 1 aliphatic heterocycles. The van der Waals surface area contributed by atoms with Gasteiger partial charge in [0.25, 0.3) is 5.91 Å². The third-order valence-electron chi connectivity index (χ3n) is 8.03. The zero-order valence-electron chi connectivity index (χ0n) is 22.8. The van der Waals surface area contributed by atoms with Gasteiger partial charge in [0.15, 0.2) is 5.65 Å². The van der Waals surface area contributed by atoms with Crippen LogP contribution in [0.25, 0.3) is 5.65 Å². The highest BCUT2D eigenvalue weighted by atomic mass is 35.5. The van der Waals surface area contributed by atoms with E-state index in [1.165, 1.54) is 5.56 Å². The molecule has 0 saturated carbocycles. The van der Waals surface area contributed by atoms with Crippen molar-refractivity contribution < 1.29 is 4.79 Å². The fourth-order valence-electron chi connectivity index (χ4n) is 5.67. The van der Waals surface area contributed by atoms with Crippen LogP contribution in [0, 0.1) is 19.8 Å². The molecule has 0 spiro atoms. The molecule has 40 heavy (non-hydrogen) atoms. The molecular weight excluding hydrogens is 522 g/mol. The highest BCUT2D eigenvalue weighted by Gasteiger charge is 2.28. The number of carbonyl (C=O) groups excluding carboxylic acids is 1. The van der Waals surface area contributed by atoms with Crippen LogP contribution in [0.4, 0.5) is 0 Å². The molecular formula is C31H32ClN7O. The zero-order valence-corrected chi connectivity index (χ0v) is 23.6. The largest absolute Gasteiger partial charge is 0.338 e. The maximum Gasteiger partial charge on any atom is 0.259 e. The zero-order chi connectivity index (χ0) is 27.6. The van der Waals surface area contributed by atoms with E-state index in [4.69, 9.17) is 16.6 Å².